The van der Waals surface area contributed by atoms with Crippen molar-refractivity contribution in [3.05, 3.63) is 136 Å². The van der Waals surface area contributed by atoms with Crippen LogP contribution >= 0.6 is 15.9 Å². The number of hydrogen-bond acceptors (Lipinski definition) is 5. The molecule has 44 heavy (non-hydrogen) atoms. The summed E-state index contributed by atoms with van der Waals surface area (Å²) in [5, 5.41) is 1.56. The van der Waals surface area contributed by atoms with E-state index in [9.17, 15) is 14.4 Å². The minimum atomic E-state index is -0.749. The molecule has 0 N–H and O–H groups in total. The van der Waals surface area contributed by atoms with E-state index in [0.29, 0.717) is 44.9 Å². The fourth-order valence-electron chi connectivity index (χ4n) is 5.13. The lowest BCUT2D eigenvalue weighted by Crippen LogP contribution is -2.57. The zero-order valence-corrected chi connectivity index (χ0v) is 25.6. The predicted octanol–water partition coefficient (Wildman–Crippen LogP) is 8.08. The first-order valence-corrected chi connectivity index (χ1v) is 14.7. The van der Waals surface area contributed by atoms with Crippen LogP contribution in [0.3, 0.4) is 0 Å². The molecule has 0 spiro atoms. The Morgan fingerprint density at radius 3 is 2.20 bits per heavy atom. The molecule has 0 aromatic heterocycles. The quantitative estimate of drug-likeness (QED) is 0.132. The number of nitrogens with zero attached hydrogens (tertiary/aromatic N) is 2. The van der Waals surface area contributed by atoms with Crippen LogP contribution in [-0.4, -0.2) is 25.0 Å². The Balaban J connectivity index is 1.45. The minimum absolute atomic E-state index is 0.176. The van der Waals surface area contributed by atoms with Gasteiger partial charge in [-0.2, -0.15) is 0 Å². The number of halogens is 1. The summed E-state index contributed by atoms with van der Waals surface area (Å²) in [6.45, 7) is 2.24. The summed E-state index contributed by atoms with van der Waals surface area (Å²) >= 11 is 3.57. The van der Waals surface area contributed by atoms with Crippen molar-refractivity contribution in [3.63, 3.8) is 0 Å². The molecule has 0 saturated carbocycles. The number of benzene rings is 5. The predicted molar refractivity (Wildman–Crippen MR) is 175 cm³/mol. The molecule has 1 saturated heterocycles. The van der Waals surface area contributed by atoms with E-state index in [2.05, 4.69) is 15.9 Å². The van der Waals surface area contributed by atoms with Crippen molar-refractivity contribution in [2.75, 3.05) is 16.9 Å². The Kier molecular flexibility index (Phi) is 8.00. The molecule has 5 aromatic rings. The van der Waals surface area contributed by atoms with E-state index in [1.165, 1.54) is 13.2 Å². The van der Waals surface area contributed by atoms with Crippen molar-refractivity contribution in [2.45, 2.75) is 13.5 Å². The molecule has 1 heterocycles. The number of amides is 4. The van der Waals surface area contributed by atoms with Gasteiger partial charge in [0.05, 0.1) is 23.0 Å². The summed E-state index contributed by atoms with van der Waals surface area (Å²) in [7, 11) is 1.52. The highest BCUT2D eigenvalue weighted by molar-refractivity contribution is 9.10. The fourth-order valence-corrected chi connectivity index (χ4v) is 5.70. The van der Waals surface area contributed by atoms with Gasteiger partial charge >= 0.3 is 6.03 Å². The average molecular weight is 648 g/mol. The molecule has 0 radical (unpaired) electrons. The number of methoxy groups -OCH3 is 1. The SMILES string of the molecule is COc1cc(/C=C2\C(=O)N(c3ccc(C)cc3)C(=O)N(c3cccc4ccccc34)C2=O)cc(Br)c1OCc1ccccc1. The van der Waals surface area contributed by atoms with E-state index >= 15 is 0 Å². The molecule has 218 valence electrons. The maximum Gasteiger partial charge on any atom is 0.343 e. The molecular weight excluding hydrogens is 620 g/mol. The first kappa shape index (κ1) is 28.9. The molecule has 1 aliphatic rings. The van der Waals surface area contributed by atoms with Crippen molar-refractivity contribution < 1.29 is 23.9 Å². The summed E-state index contributed by atoms with van der Waals surface area (Å²) in [5.41, 5.74) is 3.03. The summed E-state index contributed by atoms with van der Waals surface area (Å²) in [6.07, 6.45) is 1.48. The van der Waals surface area contributed by atoms with Crippen LogP contribution in [0.25, 0.3) is 16.8 Å². The molecule has 8 heteroatoms. The van der Waals surface area contributed by atoms with Crippen molar-refractivity contribution in [2.24, 2.45) is 0 Å². The second-order valence-corrected chi connectivity index (χ2v) is 11.1. The Bertz CT molecular complexity index is 1930. The average Bonchev–Trinajstić information content (AvgIpc) is 3.04. The monoisotopic (exact) mass is 646 g/mol. The second kappa shape index (κ2) is 12.2. The van der Waals surface area contributed by atoms with E-state index in [-0.39, 0.29) is 5.57 Å². The summed E-state index contributed by atoms with van der Waals surface area (Å²) in [6, 6.07) is 32.3. The summed E-state index contributed by atoms with van der Waals surface area (Å²) in [4.78, 5) is 44.2. The first-order chi connectivity index (χ1) is 21.4. The normalized spacial score (nSPS) is 14.4. The minimum Gasteiger partial charge on any atom is -0.493 e. The molecule has 4 amide bonds. The van der Waals surface area contributed by atoms with Gasteiger partial charge in [-0.3, -0.25) is 9.59 Å². The van der Waals surface area contributed by atoms with Crippen LogP contribution in [0.1, 0.15) is 16.7 Å². The summed E-state index contributed by atoms with van der Waals surface area (Å²) in [5.74, 6) is -0.553. The lowest BCUT2D eigenvalue weighted by molar-refractivity contribution is -0.121. The molecule has 6 rings (SSSR count). The molecule has 1 aliphatic heterocycles. The second-order valence-electron chi connectivity index (χ2n) is 10.3. The Hall–Kier alpha value is -5.21. The lowest BCUT2D eigenvalue weighted by atomic mass is 10.0. The topological polar surface area (TPSA) is 76.2 Å². The van der Waals surface area contributed by atoms with Crippen molar-refractivity contribution >= 4 is 62.0 Å². The van der Waals surface area contributed by atoms with Crippen molar-refractivity contribution in [1.29, 1.82) is 0 Å². The smallest absolute Gasteiger partial charge is 0.343 e. The molecule has 1 fully saturated rings. The molecule has 0 unspecified atom stereocenters. The number of barbiturate groups is 1. The lowest BCUT2D eigenvalue weighted by Gasteiger charge is -2.34. The van der Waals surface area contributed by atoms with Gasteiger partial charge in [-0.1, -0.05) is 84.4 Å². The van der Waals surface area contributed by atoms with Crippen molar-refractivity contribution in [1.82, 2.24) is 0 Å². The number of anilines is 2. The van der Waals surface area contributed by atoms with Crippen LogP contribution in [0.2, 0.25) is 0 Å². The van der Waals surface area contributed by atoms with Gasteiger partial charge in [0.2, 0.25) is 0 Å². The number of aryl methyl sites for hydroxylation is 1. The van der Waals surface area contributed by atoms with E-state index in [1.807, 2.05) is 79.7 Å². The van der Waals surface area contributed by atoms with Crippen LogP contribution in [0, 0.1) is 6.92 Å². The van der Waals surface area contributed by atoms with Gasteiger partial charge in [0.25, 0.3) is 11.8 Å². The van der Waals surface area contributed by atoms with Gasteiger partial charge in [0.15, 0.2) is 11.5 Å². The van der Waals surface area contributed by atoms with Crippen LogP contribution in [0.4, 0.5) is 16.2 Å². The van der Waals surface area contributed by atoms with E-state index in [1.54, 1.807) is 36.4 Å². The zero-order valence-electron chi connectivity index (χ0n) is 24.0. The molecular formula is C36H27BrN2O5. The Morgan fingerprint density at radius 1 is 0.773 bits per heavy atom. The van der Waals surface area contributed by atoms with Crippen molar-refractivity contribution in [3.8, 4) is 11.5 Å². The van der Waals surface area contributed by atoms with E-state index in [0.717, 1.165) is 26.3 Å². The summed E-state index contributed by atoms with van der Waals surface area (Å²) < 4.78 is 12.3. The first-order valence-electron chi connectivity index (χ1n) is 13.9. The van der Waals surface area contributed by atoms with Gasteiger partial charge in [-0.25, -0.2) is 14.6 Å². The van der Waals surface area contributed by atoms with Gasteiger partial charge in [0, 0.05) is 5.39 Å². The Labute approximate surface area is 263 Å². The van der Waals surface area contributed by atoms with Gasteiger partial charge in [-0.15, -0.1) is 0 Å². The number of ether oxygens (including phenoxy) is 2. The number of carbonyl (C=O) groups excluding carboxylic acids is 3. The molecule has 0 aliphatic carbocycles. The number of fused-ring (bicyclic) bond motifs is 1. The van der Waals surface area contributed by atoms with E-state index in [4.69, 9.17) is 9.47 Å². The fraction of sp³-hybridized carbons (Fsp3) is 0.0833. The van der Waals surface area contributed by atoms with Crippen LogP contribution < -0.4 is 19.3 Å². The standard InChI is InChI=1S/C36H27BrN2O5/c1-23-15-17-27(18-16-23)38-34(40)29(35(41)39(36(38)42)31-14-8-12-26-11-6-7-13-28(26)31)19-25-20-30(37)33(32(21-25)43-2)44-22-24-9-4-3-5-10-24/h3-21H,22H2,1-2H3/b29-19+. The highest BCUT2D eigenvalue weighted by Gasteiger charge is 2.44. The largest absolute Gasteiger partial charge is 0.493 e. The molecule has 7 nitrogen and oxygen atoms in total. The third-order valence-electron chi connectivity index (χ3n) is 7.34. The maximum absolute atomic E-state index is 14.1. The molecule has 0 bridgehead atoms. The highest BCUT2D eigenvalue weighted by Crippen LogP contribution is 2.39. The van der Waals surface area contributed by atoms with Crippen LogP contribution in [0.15, 0.2) is 119 Å². The third kappa shape index (κ3) is 5.47. The molecule has 5 aromatic carbocycles. The highest BCUT2D eigenvalue weighted by atomic mass is 79.9. The Morgan fingerprint density at radius 2 is 1.45 bits per heavy atom. The van der Waals surface area contributed by atoms with Crippen LogP contribution in [-0.2, 0) is 16.2 Å². The maximum atomic E-state index is 14.1. The van der Waals surface area contributed by atoms with Gasteiger partial charge in [0.1, 0.15) is 12.2 Å². The number of carbonyl (C=O) groups is 3. The zero-order chi connectivity index (χ0) is 30.8. The number of imide groups is 2. The van der Waals surface area contributed by atoms with E-state index < -0.39 is 17.8 Å². The number of hydrogen-bond donors (Lipinski definition) is 0. The number of rotatable bonds is 7. The van der Waals surface area contributed by atoms with Crippen LogP contribution in [0.5, 0.6) is 11.5 Å². The van der Waals surface area contributed by atoms with Gasteiger partial charge in [-0.05, 0) is 75.8 Å². The third-order valence-corrected chi connectivity index (χ3v) is 7.93. The number of urea groups is 1. The van der Waals surface area contributed by atoms with Gasteiger partial charge < -0.3 is 9.47 Å². The molecule has 0 atom stereocenters.